The molecule has 0 saturated carbocycles. The normalized spacial score (nSPS) is 9.72. The molecule has 2 rings (SSSR count). The molecule has 0 bridgehead atoms. The fraction of sp³-hybridized carbons (Fsp3) is 0.0909. The highest BCUT2D eigenvalue weighted by Crippen LogP contribution is 2.19. The van der Waals surface area contributed by atoms with Crippen LogP contribution in [0.25, 0.3) is 0 Å². The third kappa shape index (κ3) is 2.61. The molecule has 2 heterocycles. The summed E-state index contributed by atoms with van der Waals surface area (Å²) in [7, 11) is 0. The fourth-order valence-corrected chi connectivity index (χ4v) is 2.02. The number of nitrogens with one attached hydrogen (secondary N) is 1. The lowest BCUT2D eigenvalue weighted by Crippen LogP contribution is -2.02. The number of nitriles is 1. The van der Waals surface area contributed by atoms with Gasteiger partial charge in [-0.05, 0) is 17.5 Å². The largest absolute Gasteiger partial charge is 0.365 e. The van der Waals surface area contributed by atoms with Gasteiger partial charge in [0.2, 0.25) is 5.69 Å². The van der Waals surface area contributed by atoms with Gasteiger partial charge < -0.3 is 5.32 Å². The molecule has 0 unspecified atom stereocenters. The lowest BCUT2D eigenvalue weighted by Gasteiger charge is -2.03. The number of rotatable bonds is 4. The number of nitro groups is 1. The van der Waals surface area contributed by atoms with Crippen LogP contribution in [0, 0.1) is 21.4 Å². The van der Waals surface area contributed by atoms with Gasteiger partial charge in [0.15, 0.2) is 0 Å². The Morgan fingerprint density at radius 3 is 2.94 bits per heavy atom. The van der Waals surface area contributed by atoms with Gasteiger partial charge in [-0.3, -0.25) is 10.1 Å². The van der Waals surface area contributed by atoms with E-state index in [1.54, 1.807) is 17.4 Å². The van der Waals surface area contributed by atoms with Gasteiger partial charge in [0.25, 0.3) is 0 Å². The van der Waals surface area contributed by atoms with Crippen LogP contribution in [0.2, 0.25) is 0 Å². The van der Waals surface area contributed by atoms with Crippen LogP contribution in [-0.2, 0) is 6.54 Å². The van der Waals surface area contributed by atoms with Crippen molar-refractivity contribution in [3.05, 3.63) is 50.3 Å². The molecule has 0 amide bonds. The summed E-state index contributed by atoms with van der Waals surface area (Å²) in [5, 5.41) is 24.4. The highest BCUT2D eigenvalue weighted by atomic mass is 32.1. The summed E-state index contributed by atoms with van der Waals surface area (Å²) >= 11 is 1.60. The summed E-state index contributed by atoms with van der Waals surface area (Å²) in [6.45, 7) is 0.577. The number of hydrogen-bond donors (Lipinski definition) is 1. The molecular weight excluding hydrogens is 252 g/mol. The summed E-state index contributed by atoms with van der Waals surface area (Å²) in [5.74, 6) is 0.450. The third-order valence-corrected chi connectivity index (χ3v) is 3.08. The van der Waals surface area contributed by atoms with Gasteiger partial charge in [0, 0.05) is 10.9 Å². The van der Waals surface area contributed by atoms with Crippen LogP contribution >= 0.6 is 11.3 Å². The zero-order chi connectivity index (χ0) is 13.0. The first-order chi connectivity index (χ1) is 8.70. The van der Waals surface area contributed by atoms with Gasteiger partial charge in [-0.2, -0.15) is 5.26 Å². The van der Waals surface area contributed by atoms with Crippen molar-refractivity contribution in [2.75, 3.05) is 5.32 Å². The molecule has 0 aliphatic rings. The van der Waals surface area contributed by atoms with Crippen LogP contribution in [0.15, 0.2) is 29.6 Å². The molecule has 18 heavy (non-hydrogen) atoms. The first-order valence-corrected chi connectivity index (χ1v) is 5.90. The number of hydrogen-bond acceptors (Lipinski definition) is 6. The minimum atomic E-state index is -0.616. The van der Waals surface area contributed by atoms with Crippen LogP contribution < -0.4 is 5.32 Å². The molecule has 0 aromatic carbocycles. The van der Waals surface area contributed by atoms with E-state index < -0.39 is 4.92 Å². The average Bonchev–Trinajstić information content (AvgIpc) is 2.88. The van der Waals surface area contributed by atoms with Crippen LogP contribution in [0.1, 0.15) is 10.6 Å². The monoisotopic (exact) mass is 260 g/mol. The standard InChI is InChI=1S/C11H8N4O2S/c12-6-9-10(15(16)17)3-4-11(14-9)13-7-8-2-1-5-18-8/h1-5H,7H2,(H,13,14). The van der Waals surface area contributed by atoms with Gasteiger partial charge in [-0.25, -0.2) is 4.98 Å². The molecule has 0 atom stereocenters. The van der Waals surface area contributed by atoms with E-state index >= 15 is 0 Å². The van der Waals surface area contributed by atoms with E-state index in [1.165, 1.54) is 12.1 Å². The van der Waals surface area contributed by atoms with Crippen LogP contribution in [-0.4, -0.2) is 9.91 Å². The minimum absolute atomic E-state index is 0.184. The summed E-state index contributed by atoms with van der Waals surface area (Å²) in [4.78, 5) is 15.0. The third-order valence-electron chi connectivity index (χ3n) is 2.20. The molecule has 7 heteroatoms. The number of pyridine rings is 1. The Labute approximate surface area is 107 Å². The van der Waals surface area contributed by atoms with E-state index in [9.17, 15) is 10.1 Å². The lowest BCUT2D eigenvalue weighted by atomic mass is 10.3. The Bertz CT molecular complexity index is 604. The molecular formula is C11H8N4O2S. The Morgan fingerprint density at radius 1 is 1.50 bits per heavy atom. The Balaban J connectivity index is 2.15. The molecule has 90 valence electrons. The lowest BCUT2D eigenvalue weighted by molar-refractivity contribution is -0.385. The zero-order valence-electron chi connectivity index (χ0n) is 9.16. The van der Waals surface area contributed by atoms with Crippen molar-refractivity contribution in [3.8, 4) is 6.07 Å². The molecule has 0 saturated heterocycles. The van der Waals surface area contributed by atoms with Crippen molar-refractivity contribution < 1.29 is 4.92 Å². The van der Waals surface area contributed by atoms with Gasteiger partial charge in [0.05, 0.1) is 11.5 Å². The number of thiophene rings is 1. The van der Waals surface area contributed by atoms with E-state index in [0.717, 1.165) is 4.88 Å². The maximum atomic E-state index is 10.6. The Hall–Kier alpha value is -2.46. The van der Waals surface area contributed by atoms with Crippen molar-refractivity contribution in [2.45, 2.75) is 6.54 Å². The molecule has 6 nitrogen and oxygen atoms in total. The van der Waals surface area contributed by atoms with Crippen molar-refractivity contribution >= 4 is 22.8 Å². The summed E-state index contributed by atoms with van der Waals surface area (Å²) < 4.78 is 0. The van der Waals surface area contributed by atoms with Gasteiger partial charge in [-0.1, -0.05) is 6.07 Å². The quantitative estimate of drug-likeness (QED) is 0.673. The number of nitrogens with zero attached hydrogens (tertiary/aromatic N) is 3. The van der Waals surface area contributed by atoms with Gasteiger partial charge >= 0.3 is 5.69 Å². The summed E-state index contributed by atoms with van der Waals surface area (Å²) in [6, 6.07) is 8.40. The second-order valence-corrected chi connectivity index (χ2v) is 4.40. The van der Waals surface area contributed by atoms with Gasteiger partial charge in [0.1, 0.15) is 11.9 Å². The number of aromatic nitrogens is 1. The van der Waals surface area contributed by atoms with Crippen LogP contribution in [0.3, 0.4) is 0 Å². The molecule has 0 fully saturated rings. The van der Waals surface area contributed by atoms with E-state index in [2.05, 4.69) is 10.3 Å². The summed E-state index contributed by atoms with van der Waals surface area (Å²) in [6.07, 6.45) is 0. The SMILES string of the molecule is N#Cc1nc(NCc2cccs2)ccc1[N+](=O)[O-]. The zero-order valence-corrected chi connectivity index (χ0v) is 9.98. The van der Waals surface area contributed by atoms with Crippen molar-refractivity contribution in [1.29, 1.82) is 5.26 Å². The predicted molar refractivity (Wildman–Crippen MR) is 67.3 cm³/mol. The molecule has 1 N–H and O–H groups in total. The van der Waals surface area contributed by atoms with E-state index in [4.69, 9.17) is 5.26 Å². The Kier molecular flexibility index (Phi) is 3.50. The molecule has 0 aliphatic carbocycles. The predicted octanol–water partition coefficient (Wildman–Crippen LogP) is 2.54. The second kappa shape index (κ2) is 5.25. The highest BCUT2D eigenvalue weighted by Gasteiger charge is 2.15. The van der Waals surface area contributed by atoms with Crippen molar-refractivity contribution in [3.63, 3.8) is 0 Å². The molecule has 0 spiro atoms. The van der Waals surface area contributed by atoms with Crippen molar-refractivity contribution in [1.82, 2.24) is 4.98 Å². The maximum Gasteiger partial charge on any atom is 0.305 e. The minimum Gasteiger partial charge on any atom is -0.365 e. The highest BCUT2D eigenvalue weighted by molar-refractivity contribution is 7.09. The van der Waals surface area contributed by atoms with Crippen LogP contribution in [0.4, 0.5) is 11.5 Å². The van der Waals surface area contributed by atoms with E-state index in [0.29, 0.717) is 12.4 Å². The molecule has 2 aromatic heterocycles. The van der Waals surface area contributed by atoms with E-state index in [1.807, 2.05) is 17.5 Å². The molecule has 0 aliphatic heterocycles. The Morgan fingerprint density at radius 2 is 2.33 bits per heavy atom. The first kappa shape index (κ1) is 12.0. The molecule has 2 aromatic rings. The number of anilines is 1. The van der Waals surface area contributed by atoms with Gasteiger partial charge in [-0.15, -0.1) is 11.3 Å². The second-order valence-electron chi connectivity index (χ2n) is 3.37. The molecule has 0 radical (unpaired) electrons. The fourth-order valence-electron chi connectivity index (χ4n) is 1.37. The first-order valence-electron chi connectivity index (χ1n) is 5.02. The smallest absolute Gasteiger partial charge is 0.305 e. The average molecular weight is 260 g/mol. The van der Waals surface area contributed by atoms with E-state index in [-0.39, 0.29) is 11.4 Å². The summed E-state index contributed by atoms with van der Waals surface area (Å²) in [5.41, 5.74) is -0.463. The maximum absolute atomic E-state index is 10.6. The van der Waals surface area contributed by atoms with Crippen LogP contribution in [0.5, 0.6) is 0 Å². The van der Waals surface area contributed by atoms with Crippen molar-refractivity contribution in [2.24, 2.45) is 0 Å². The topological polar surface area (TPSA) is 91.8 Å².